The molecule has 3 aliphatic rings. The van der Waals surface area contributed by atoms with Crippen LogP contribution >= 0.6 is 0 Å². The smallest absolute Gasteiger partial charge is 0.127 e. The fraction of sp³-hybridized carbons (Fsp3) is 0.938. The average molecular weight is 265 g/mol. The van der Waals surface area contributed by atoms with Crippen LogP contribution in [0, 0.1) is 11.3 Å². The van der Waals surface area contributed by atoms with Crippen molar-refractivity contribution in [2.45, 2.75) is 57.4 Å². The van der Waals surface area contributed by atoms with E-state index in [-0.39, 0.29) is 5.41 Å². The van der Waals surface area contributed by atoms with Crippen LogP contribution in [0.4, 0.5) is 0 Å². The van der Waals surface area contributed by atoms with Gasteiger partial charge in [0.2, 0.25) is 0 Å². The first-order valence-corrected chi connectivity index (χ1v) is 8.11. The van der Waals surface area contributed by atoms with E-state index < -0.39 is 0 Å². The summed E-state index contributed by atoms with van der Waals surface area (Å²) in [5.74, 6) is 0.908. The van der Waals surface area contributed by atoms with Crippen molar-refractivity contribution in [2.24, 2.45) is 11.3 Å². The first-order chi connectivity index (χ1) is 9.33. The Balaban J connectivity index is 1.64. The number of nitrogens with zero attached hydrogens (tertiary/aromatic N) is 1. The molecule has 0 bridgehead atoms. The molecule has 3 heteroatoms. The van der Waals surface area contributed by atoms with Crippen molar-refractivity contribution in [3.8, 4) is 0 Å². The summed E-state index contributed by atoms with van der Waals surface area (Å²) in [4.78, 5) is 14.3. The summed E-state index contributed by atoms with van der Waals surface area (Å²) < 4.78 is 5.44. The summed E-state index contributed by atoms with van der Waals surface area (Å²) in [6.45, 7) is 3.72. The summed E-state index contributed by atoms with van der Waals surface area (Å²) in [5, 5.41) is 0. The number of carbonyl (C=O) groups excluding carboxylic acids is 1. The van der Waals surface area contributed by atoms with Gasteiger partial charge in [0.05, 0.1) is 0 Å². The Bertz CT molecular complexity index is 306. The third-order valence-corrected chi connectivity index (χ3v) is 5.61. The first-order valence-electron chi connectivity index (χ1n) is 8.11. The Morgan fingerprint density at radius 1 is 1.11 bits per heavy atom. The van der Waals surface area contributed by atoms with Crippen molar-refractivity contribution in [1.29, 1.82) is 0 Å². The van der Waals surface area contributed by atoms with Crippen LogP contribution in [0.2, 0.25) is 0 Å². The third-order valence-electron chi connectivity index (χ3n) is 5.61. The average Bonchev–Trinajstić information content (AvgIpc) is 3.10. The first kappa shape index (κ1) is 13.6. The molecule has 3 fully saturated rings. The molecule has 1 aliphatic carbocycles. The second kappa shape index (κ2) is 5.92. The molecule has 0 amide bonds. The monoisotopic (exact) mass is 265 g/mol. The van der Waals surface area contributed by atoms with Crippen LogP contribution in [0.1, 0.15) is 51.4 Å². The molecular formula is C16H27NO2. The molecule has 19 heavy (non-hydrogen) atoms. The van der Waals surface area contributed by atoms with Gasteiger partial charge < -0.3 is 9.53 Å². The minimum absolute atomic E-state index is 0.112. The second-order valence-corrected chi connectivity index (χ2v) is 6.82. The van der Waals surface area contributed by atoms with Gasteiger partial charge in [0.1, 0.15) is 6.29 Å². The molecule has 1 saturated carbocycles. The van der Waals surface area contributed by atoms with Crippen LogP contribution < -0.4 is 0 Å². The maximum absolute atomic E-state index is 11.6. The lowest BCUT2D eigenvalue weighted by Crippen LogP contribution is -2.46. The van der Waals surface area contributed by atoms with Gasteiger partial charge >= 0.3 is 0 Å². The molecule has 1 atom stereocenters. The zero-order chi connectivity index (χ0) is 13.1. The Kier molecular flexibility index (Phi) is 4.23. The van der Waals surface area contributed by atoms with Crippen LogP contribution in [-0.2, 0) is 9.53 Å². The summed E-state index contributed by atoms with van der Waals surface area (Å²) in [7, 11) is 0. The summed E-state index contributed by atoms with van der Waals surface area (Å²) in [6.07, 6.45) is 11.4. The predicted molar refractivity (Wildman–Crippen MR) is 75.1 cm³/mol. The number of likely N-dealkylation sites (tertiary alicyclic amines) is 1. The molecule has 0 aromatic heterocycles. The zero-order valence-corrected chi connectivity index (χ0v) is 12.0. The molecule has 3 nitrogen and oxygen atoms in total. The molecule has 1 unspecified atom stereocenters. The minimum atomic E-state index is -0.112. The molecule has 0 aromatic rings. The second-order valence-electron chi connectivity index (χ2n) is 6.82. The van der Waals surface area contributed by atoms with E-state index in [1.54, 1.807) is 0 Å². The highest BCUT2D eigenvalue weighted by molar-refractivity contribution is 5.60. The van der Waals surface area contributed by atoms with Crippen LogP contribution in [0.25, 0.3) is 0 Å². The lowest BCUT2D eigenvalue weighted by molar-refractivity contribution is -0.123. The van der Waals surface area contributed by atoms with Gasteiger partial charge in [-0.2, -0.15) is 0 Å². The zero-order valence-electron chi connectivity index (χ0n) is 12.0. The highest BCUT2D eigenvalue weighted by Crippen LogP contribution is 2.38. The van der Waals surface area contributed by atoms with Crippen LogP contribution in [-0.4, -0.2) is 43.5 Å². The fourth-order valence-electron chi connectivity index (χ4n) is 4.42. The van der Waals surface area contributed by atoms with E-state index in [1.807, 2.05) is 0 Å². The Morgan fingerprint density at radius 3 is 2.53 bits per heavy atom. The summed E-state index contributed by atoms with van der Waals surface area (Å²) in [5.41, 5.74) is -0.112. The Morgan fingerprint density at radius 2 is 1.84 bits per heavy atom. The lowest BCUT2D eigenvalue weighted by atomic mass is 9.80. The predicted octanol–water partition coefficient (Wildman–Crippen LogP) is 2.64. The number of hydrogen-bond acceptors (Lipinski definition) is 3. The SMILES string of the molecule is O=CC1(CN2CCCC2C2CCCC2)CCOCC1. The summed E-state index contributed by atoms with van der Waals surface area (Å²) in [6, 6.07) is 0.766. The fourth-order valence-corrected chi connectivity index (χ4v) is 4.42. The highest BCUT2D eigenvalue weighted by Gasteiger charge is 2.40. The van der Waals surface area contributed by atoms with E-state index in [2.05, 4.69) is 4.90 Å². The maximum Gasteiger partial charge on any atom is 0.127 e. The third kappa shape index (κ3) is 2.87. The van der Waals surface area contributed by atoms with Gasteiger partial charge in [-0.05, 0) is 51.0 Å². The lowest BCUT2D eigenvalue weighted by Gasteiger charge is -2.39. The Hall–Kier alpha value is -0.410. The van der Waals surface area contributed by atoms with E-state index in [0.29, 0.717) is 0 Å². The van der Waals surface area contributed by atoms with Crippen molar-refractivity contribution in [3.05, 3.63) is 0 Å². The van der Waals surface area contributed by atoms with Crippen LogP contribution in [0.5, 0.6) is 0 Å². The topological polar surface area (TPSA) is 29.5 Å². The van der Waals surface area contributed by atoms with Gasteiger partial charge in [0, 0.05) is 31.2 Å². The van der Waals surface area contributed by atoms with Crippen molar-refractivity contribution >= 4 is 6.29 Å². The number of ether oxygens (including phenoxy) is 1. The van der Waals surface area contributed by atoms with E-state index in [9.17, 15) is 4.79 Å². The van der Waals surface area contributed by atoms with Crippen molar-refractivity contribution in [3.63, 3.8) is 0 Å². The van der Waals surface area contributed by atoms with Crippen molar-refractivity contribution < 1.29 is 9.53 Å². The molecule has 2 aliphatic heterocycles. The Labute approximate surface area is 116 Å². The molecular weight excluding hydrogens is 238 g/mol. The molecule has 0 spiro atoms. The number of rotatable bonds is 4. The van der Waals surface area contributed by atoms with Gasteiger partial charge in [-0.1, -0.05) is 12.8 Å². The number of hydrogen-bond donors (Lipinski definition) is 0. The molecule has 2 saturated heterocycles. The quantitative estimate of drug-likeness (QED) is 0.732. The molecule has 0 radical (unpaired) electrons. The standard InChI is InChI=1S/C16H27NO2/c18-13-16(7-10-19-11-8-16)12-17-9-3-6-15(17)14-4-1-2-5-14/h13-15H,1-12H2. The van der Waals surface area contributed by atoms with Crippen molar-refractivity contribution in [2.75, 3.05) is 26.3 Å². The van der Waals surface area contributed by atoms with Crippen LogP contribution in [0.3, 0.4) is 0 Å². The van der Waals surface area contributed by atoms with Gasteiger partial charge in [0.25, 0.3) is 0 Å². The van der Waals surface area contributed by atoms with Crippen molar-refractivity contribution in [1.82, 2.24) is 4.90 Å². The minimum Gasteiger partial charge on any atom is -0.381 e. The van der Waals surface area contributed by atoms with E-state index in [0.717, 1.165) is 44.6 Å². The summed E-state index contributed by atoms with van der Waals surface area (Å²) >= 11 is 0. The van der Waals surface area contributed by atoms with Gasteiger partial charge in [-0.15, -0.1) is 0 Å². The van der Waals surface area contributed by atoms with Gasteiger partial charge in [0.15, 0.2) is 0 Å². The molecule has 2 heterocycles. The van der Waals surface area contributed by atoms with E-state index >= 15 is 0 Å². The maximum atomic E-state index is 11.6. The van der Waals surface area contributed by atoms with Gasteiger partial charge in [-0.3, -0.25) is 4.90 Å². The highest BCUT2D eigenvalue weighted by atomic mass is 16.5. The van der Waals surface area contributed by atoms with E-state index in [1.165, 1.54) is 51.4 Å². The van der Waals surface area contributed by atoms with Gasteiger partial charge in [-0.25, -0.2) is 0 Å². The van der Waals surface area contributed by atoms with E-state index in [4.69, 9.17) is 4.74 Å². The number of carbonyl (C=O) groups is 1. The molecule has 0 aromatic carbocycles. The largest absolute Gasteiger partial charge is 0.381 e. The normalized spacial score (nSPS) is 32.7. The number of aldehydes is 1. The molecule has 0 N–H and O–H groups in total. The molecule has 108 valence electrons. The van der Waals surface area contributed by atoms with Crippen LogP contribution in [0.15, 0.2) is 0 Å². The molecule has 3 rings (SSSR count).